The Morgan fingerprint density at radius 1 is 1.10 bits per heavy atom. The first-order valence-corrected chi connectivity index (χ1v) is 11.4. The molecular weight excluding hydrogens is 418 g/mol. The predicted octanol–water partition coefficient (Wildman–Crippen LogP) is 3.94. The number of rotatable bonds is 7. The molecule has 8 heteroatoms. The molecule has 1 N–H and O–H groups in total. The molecule has 1 heterocycles. The van der Waals surface area contributed by atoms with Crippen LogP contribution < -0.4 is 10.2 Å². The van der Waals surface area contributed by atoms with Crippen LogP contribution in [0.4, 0.5) is 10.5 Å². The second-order valence-corrected chi connectivity index (χ2v) is 8.68. The summed E-state index contributed by atoms with van der Waals surface area (Å²) in [6.07, 6.45) is 3.72. The topological polar surface area (TPSA) is 69.7 Å². The maximum absolute atomic E-state index is 12.6. The monoisotopic (exact) mass is 441 g/mol. The Morgan fingerprint density at radius 3 is 2.37 bits per heavy atom. The van der Waals surface area contributed by atoms with Crippen molar-refractivity contribution in [3.63, 3.8) is 0 Å². The van der Waals surface area contributed by atoms with Gasteiger partial charge in [-0.1, -0.05) is 12.1 Å². The normalized spacial score (nSPS) is 15.0. The molecule has 1 aliphatic rings. The van der Waals surface area contributed by atoms with Gasteiger partial charge in [-0.05, 0) is 66.1 Å². The van der Waals surface area contributed by atoms with Crippen molar-refractivity contribution in [2.45, 2.75) is 4.90 Å². The average molecular weight is 442 g/mol. The second-order valence-electron chi connectivity index (χ2n) is 6.80. The summed E-state index contributed by atoms with van der Waals surface area (Å²) in [5, 5.41) is 2.44. The molecule has 3 rings (SSSR count). The van der Waals surface area contributed by atoms with Crippen LogP contribution in [0, 0.1) is 0 Å². The van der Waals surface area contributed by atoms with Crippen LogP contribution in [0.15, 0.2) is 58.3 Å². The molecule has 30 heavy (non-hydrogen) atoms. The minimum atomic E-state index is -0.330. The van der Waals surface area contributed by atoms with Crippen LogP contribution in [-0.4, -0.2) is 55.4 Å². The van der Waals surface area contributed by atoms with E-state index in [4.69, 9.17) is 0 Å². The molecule has 1 saturated heterocycles. The Balaban J connectivity index is 1.56. The highest BCUT2D eigenvalue weighted by molar-refractivity contribution is 8.18. The summed E-state index contributed by atoms with van der Waals surface area (Å²) in [6.45, 7) is 0.330. The fraction of sp³-hybridized carbons (Fsp3) is 0.227. The van der Waals surface area contributed by atoms with E-state index < -0.39 is 0 Å². The molecule has 1 fully saturated rings. The van der Waals surface area contributed by atoms with Crippen LogP contribution in [-0.2, 0) is 4.79 Å². The van der Waals surface area contributed by atoms with Crippen molar-refractivity contribution in [2.75, 3.05) is 38.3 Å². The molecule has 3 amide bonds. The van der Waals surface area contributed by atoms with E-state index in [0.29, 0.717) is 10.5 Å². The number of carbonyl (C=O) groups is 3. The third-order valence-corrected chi connectivity index (χ3v) is 6.20. The van der Waals surface area contributed by atoms with Gasteiger partial charge < -0.3 is 10.2 Å². The van der Waals surface area contributed by atoms with Crippen LogP contribution in [0.3, 0.4) is 0 Å². The first kappa shape index (κ1) is 22.0. The molecule has 0 spiro atoms. The first-order valence-electron chi connectivity index (χ1n) is 9.34. The highest BCUT2D eigenvalue weighted by atomic mass is 32.2. The zero-order chi connectivity index (χ0) is 21.7. The van der Waals surface area contributed by atoms with Crippen molar-refractivity contribution in [2.24, 2.45) is 0 Å². The van der Waals surface area contributed by atoms with Crippen LogP contribution >= 0.6 is 23.5 Å². The fourth-order valence-electron chi connectivity index (χ4n) is 2.84. The zero-order valence-corrected chi connectivity index (χ0v) is 18.7. The molecule has 0 atom stereocenters. The molecule has 6 nitrogen and oxygen atoms in total. The van der Waals surface area contributed by atoms with Gasteiger partial charge in [-0.2, -0.15) is 0 Å². The van der Waals surface area contributed by atoms with Gasteiger partial charge in [0.05, 0.1) is 4.91 Å². The minimum absolute atomic E-state index is 0.134. The van der Waals surface area contributed by atoms with Crippen LogP contribution in [0.2, 0.25) is 0 Å². The number of amides is 3. The molecule has 0 radical (unpaired) electrons. The number of hydrogen-bond acceptors (Lipinski definition) is 6. The molecule has 0 unspecified atom stereocenters. The maximum Gasteiger partial charge on any atom is 0.293 e. The molecule has 2 aromatic carbocycles. The summed E-state index contributed by atoms with van der Waals surface area (Å²) in [6, 6.07) is 15.0. The lowest BCUT2D eigenvalue weighted by molar-refractivity contribution is -0.122. The Morgan fingerprint density at radius 2 is 1.77 bits per heavy atom. The molecule has 156 valence electrons. The van der Waals surface area contributed by atoms with E-state index >= 15 is 0 Å². The molecule has 0 aromatic heterocycles. The lowest BCUT2D eigenvalue weighted by Gasteiger charge is -2.14. The predicted molar refractivity (Wildman–Crippen MR) is 124 cm³/mol. The third-order valence-electron chi connectivity index (χ3n) is 4.55. The summed E-state index contributed by atoms with van der Waals surface area (Å²) < 4.78 is 0. The molecule has 0 bridgehead atoms. The van der Waals surface area contributed by atoms with Gasteiger partial charge in [0.15, 0.2) is 0 Å². The number of nitrogens with one attached hydrogen (secondary N) is 1. The van der Waals surface area contributed by atoms with Gasteiger partial charge in [0.25, 0.3) is 17.1 Å². The molecule has 1 aliphatic heterocycles. The van der Waals surface area contributed by atoms with Gasteiger partial charge in [-0.3, -0.25) is 19.3 Å². The molecule has 0 aliphatic carbocycles. The number of hydrogen-bond donors (Lipinski definition) is 1. The lowest BCUT2D eigenvalue weighted by atomic mass is 10.2. The van der Waals surface area contributed by atoms with E-state index in [1.54, 1.807) is 30.0 Å². The average Bonchev–Trinajstić information content (AvgIpc) is 3.01. The SMILES string of the molecule is CSc1ccc(/C=C2/SC(=O)N(CCNC(=O)c3ccc(N(C)C)cc3)C2=O)cc1. The molecule has 2 aromatic rings. The van der Waals surface area contributed by atoms with Crippen LogP contribution in [0.5, 0.6) is 0 Å². The largest absolute Gasteiger partial charge is 0.378 e. The number of benzene rings is 2. The van der Waals surface area contributed by atoms with E-state index in [0.717, 1.165) is 27.9 Å². The van der Waals surface area contributed by atoms with Crippen molar-refractivity contribution in [3.05, 3.63) is 64.6 Å². The minimum Gasteiger partial charge on any atom is -0.378 e. The van der Waals surface area contributed by atoms with Crippen molar-refractivity contribution in [1.29, 1.82) is 0 Å². The highest BCUT2D eigenvalue weighted by Crippen LogP contribution is 2.32. The van der Waals surface area contributed by atoms with Gasteiger partial charge in [0, 0.05) is 43.3 Å². The number of nitrogens with zero attached hydrogens (tertiary/aromatic N) is 2. The molecular formula is C22H23N3O3S2. The number of imide groups is 1. The van der Waals surface area contributed by atoms with E-state index in [1.807, 2.05) is 61.6 Å². The van der Waals surface area contributed by atoms with E-state index in [2.05, 4.69) is 5.32 Å². The number of thioether (sulfide) groups is 2. The fourth-order valence-corrected chi connectivity index (χ4v) is 4.11. The Bertz CT molecular complexity index is 970. The summed E-state index contributed by atoms with van der Waals surface area (Å²) in [4.78, 5) is 41.8. The highest BCUT2D eigenvalue weighted by Gasteiger charge is 2.34. The van der Waals surface area contributed by atoms with Crippen LogP contribution in [0.1, 0.15) is 15.9 Å². The van der Waals surface area contributed by atoms with Crippen molar-refractivity contribution in [3.8, 4) is 0 Å². The lowest BCUT2D eigenvalue weighted by Crippen LogP contribution is -2.37. The van der Waals surface area contributed by atoms with Gasteiger partial charge in [-0.15, -0.1) is 11.8 Å². The summed E-state index contributed by atoms with van der Waals surface area (Å²) >= 11 is 2.56. The smallest absolute Gasteiger partial charge is 0.293 e. The summed E-state index contributed by atoms with van der Waals surface area (Å²) in [5.41, 5.74) is 2.40. The van der Waals surface area contributed by atoms with E-state index in [-0.39, 0.29) is 30.1 Å². The van der Waals surface area contributed by atoms with Gasteiger partial charge >= 0.3 is 0 Å². The van der Waals surface area contributed by atoms with Gasteiger partial charge in [0.1, 0.15) is 0 Å². The first-order chi connectivity index (χ1) is 14.4. The Kier molecular flexibility index (Phi) is 7.23. The van der Waals surface area contributed by atoms with Gasteiger partial charge in [0.2, 0.25) is 0 Å². The van der Waals surface area contributed by atoms with E-state index in [9.17, 15) is 14.4 Å². The van der Waals surface area contributed by atoms with Crippen LogP contribution in [0.25, 0.3) is 6.08 Å². The van der Waals surface area contributed by atoms with Crippen molar-refractivity contribution in [1.82, 2.24) is 10.2 Å². The maximum atomic E-state index is 12.6. The Labute approximate surface area is 184 Å². The number of anilines is 1. The quantitative estimate of drug-likeness (QED) is 0.518. The standard InChI is InChI=1S/C22H23N3O3S2/c1-24(2)17-8-6-16(7-9-17)20(26)23-12-13-25-21(27)19(30-22(25)28)14-15-4-10-18(29-3)11-5-15/h4-11,14H,12-13H2,1-3H3,(H,23,26)/b19-14+. The zero-order valence-electron chi connectivity index (χ0n) is 17.0. The van der Waals surface area contributed by atoms with Gasteiger partial charge in [-0.25, -0.2) is 0 Å². The summed E-state index contributed by atoms with van der Waals surface area (Å²) in [5.74, 6) is -0.569. The molecule has 0 saturated carbocycles. The van der Waals surface area contributed by atoms with E-state index in [1.165, 1.54) is 4.90 Å². The van der Waals surface area contributed by atoms with Crippen molar-refractivity contribution >= 4 is 52.3 Å². The summed E-state index contributed by atoms with van der Waals surface area (Å²) in [7, 11) is 3.86. The van der Waals surface area contributed by atoms with Crippen molar-refractivity contribution < 1.29 is 14.4 Å². The second kappa shape index (κ2) is 9.86. The number of carbonyl (C=O) groups excluding carboxylic acids is 3. The Hall–Kier alpha value is -2.71. The third kappa shape index (κ3) is 5.25.